The molecule has 0 radical (unpaired) electrons. The molecule has 1 aromatic carbocycles. The van der Waals surface area contributed by atoms with Crippen molar-refractivity contribution in [2.75, 3.05) is 33.2 Å². The van der Waals surface area contributed by atoms with Crippen LogP contribution >= 0.6 is 0 Å². The zero-order valence-electron chi connectivity index (χ0n) is 18.1. The van der Waals surface area contributed by atoms with Crippen LogP contribution in [-0.4, -0.2) is 59.0 Å². The highest BCUT2D eigenvalue weighted by molar-refractivity contribution is 5.94. The largest absolute Gasteiger partial charge is 0.508 e. The summed E-state index contributed by atoms with van der Waals surface area (Å²) in [4.78, 5) is 20.9. The van der Waals surface area contributed by atoms with Crippen LogP contribution in [0.3, 0.4) is 0 Å². The number of carbonyl (C=O) groups excluding carboxylic acids is 1. The summed E-state index contributed by atoms with van der Waals surface area (Å²) >= 11 is 0. The summed E-state index contributed by atoms with van der Waals surface area (Å²) in [6.45, 7) is 9.69. The average molecular weight is 396 g/mol. The first-order chi connectivity index (χ1) is 13.9. The summed E-state index contributed by atoms with van der Waals surface area (Å²) in [7, 11) is 2.20. The fourth-order valence-electron chi connectivity index (χ4n) is 5.60. The fourth-order valence-corrected chi connectivity index (χ4v) is 5.60. The monoisotopic (exact) mass is 395 g/mol. The second-order valence-electron chi connectivity index (χ2n) is 8.86. The van der Waals surface area contributed by atoms with Gasteiger partial charge in [0.1, 0.15) is 11.4 Å². The molecule has 2 unspecified atom stereocenters. The molecule has 5 heteroatoms. The summed E-state index contributed by atoms with van der Waals surface area (Å²) in [5, 5.41) is 10.1. The number of carbonyl (C=O) groups is 1. The first kappa shape index (κ1) is 20.0. The number of nitrogens with one attached hydrogen (secondary N) is 1. The Hall–Kier alpha value is -2.27. The number of hydrogen-bond acceptors (Lipinski definition) is 3. The number of aromatic nitrogens is 1. The molecule has 2 atom stereocenters. The highest BCUT2D eigenvalue weighted by atomic mass is 16.3. The van der Waals surface area contributed by atoms with Gasteiger partial charge in [-0.3, -0.25) is 4.79 Å². The van der Waals surface area contributed by atoms with E-state index in [0.717, 1.165) is 56.7 Å². The number of H-pyrrole nitrogens is 1. The molecule has 2 N–H and O–H groups in total. The van der Waals surface area contributed by atoms with Gasteiger partial charge in [0.25, 0.3) is 5.91 Å². The number of hydrogen-bond donors (Lipinski definition) is 2. The molecule has 1 saturated heterocycles. The molecule has 5 nitrogen and oxygen atoms in total. The van der Waals surface area contributed by atoms with Crippen molar-refractivity contribution in [1.29, 1.82) is 0 Å². The topological polar surface area (TPSA) is 59.6 Å². The Balaban J connectivity index is 1.78. The number of nitrogens with zero attached hydrogens (tertiary/aromatic N) is 2. The fraction of sp³-hybridized carbons (Fsp3) is 0.542. The van der Waals surface area contributed by atoms with E-state index >= 15 is 0 Å². The maximum atomic E-state index is 13.1. The predicted octanol–water partition coefficient (Wildman–Crippen LogP) is 3.50. The Morgan fingerprint density at radius 3 is 2.79 bits per heavy atom. The maximum Gasteiger partial charge on any atom is 0.270 e. The molecule has 4 rings (SSSR count). The minimum atomic E-state index is 0.00502. The van der Waals surface area contributed by atoms with Crippen molar-refractivity contribution >= 4 is 5.91 Å². The molecule has 2 heterocycles. The maximum absolute atomic E-state index is 13.1. The van der Waals surface area contributed by atoms with Gasteiger partial charge in [-0.05, 0) is 88.4 Å². The van der Waals surface area contributed by atoms with Crippen LogP contribution in [0, 0.1) is 12.8 Å². The Morgan fingerprint density at radius 1 is 1.34 bits per heavy atom. The van der Waals surface area contributed by atoms with Gasteiger partial charge in [-0.15, -0.1) is 0 Å². The summed E-state index contributed by atoms with van der Waals surface area (Å²) in [5.74, 6) is 0.912. The van der Waals surface area contributed by atoms with Crippen molar-refractivity contribution in [3.8, 4) is 5.75 Å². The second kappa shape index (κ2) is 7.52. The zero-order chi connectivity index (χ0) is 20.8. The van der Waals surface area contributed by atoms with Crippen LogP contribution < -0.4 is 0 Å². The van der Waals surface area contributed by atoms with E-state index in [1.54, 1.807) is 6.07 Å². The van der Waals surface area contributed by atoms with E-state index in [2.05, 4.69) is 29.9 Å². The third-order valence-corrected chi connectivity index (χ3v) is 7.35. The number of aromatic amines is 1. The number of benzene rings is 1. The van der Waals surface area contributed by atoms with E-state index in [-0.39, 0.29) is 11.3 Å². The third kappa shape index (κ3) is 3.25. The van der Waals surface area contributed by atoms with Gasteiger partial charge < -0.3 is 19.9 Å². The minimum absolute atomic E-state index is 0.00502. The van der Waals surface area contributed by atoms with Gasteiger partial charge in [0.2, 0.25) is 0 Å². The van der Waals surface area contributed by atoms with Gasteiger partial charge in [0, 0.05) is 30.7 Å². The lowest BCUT2D eigenvalue weighted by Gasteiger charge is -2.50. The first-order valence-electron chi connectivity index (χ1n) is 10.9. The molecular weight excluding hydrogens is 362 g/mol. The van der Waals surface area contributed by atoms with Crippen molar-refractivity contribution in [2.24, 2.45) is 5.92 Å². The van der Waals surface area contributed by atoms with Crippen LogP contribution in [0.2, 0.25) is 0 Å². The van der Waals surface area contributed by atoms with Gasteiger partial charge in [-0.25, -0.2) is 0 Å². The number of phenolic OH excluding ortho intramolecular Hbond substituents is 1. The van der Waals surface area contributed by atoms with Crippen molar-refractivity contribution in [3.05, 3.63) is 52.3 Å². The summed E-state index contributed by atoms with van der Waals surface area (Å²) in [6, 6.07) is 7.82. The molecule has 1 fully saturated rings. The summed E-state index contributed by atoms with van der Waals surface area (Å²) < 4.78 is 0. The molecule has 0 saturated carbocycles. The highest BCUT2D eigenvalue weighted by Crippen LogP contribution is 2.49. The highest BCUT2D eigenvalue weighted by Gasteiger charge is 2.48. The van der Waals surface area contributed by atoms with Crippen LogP contribution in [-0.2, 0) is 18.3 Å². The summed E-state index contributed by atoms with van der Waals surface area (Å²) in [5.41, 5.74) is 5.65. The van der Waals surface area contributed by atoms with Crippen LogP contribution in [0.25, 0.3) is 0 Å². The van der Waals surface area contributed by atoms with E-state index in [9.17, 15) is 9.90 Å². The van der Waals surface area contributed by atoms with Crippen LogP contribution in [0.1, 0.15) is 53.1 Å². The van der Waals surface area contributed by atoms with E-state index in [4.69, 9.17) is 0 Å². The second-order valence-corrected chi connectivity index (χ2v) is 8.86. The van der Waals surface area contributed by atoms with Crippen molar-refractivity contribution in [2.45, 2.75) is 45.4 Å². The molecule has 1 aliphatic heterocycles. The average Bonchev–Trinajstić information content (AvgIpc) is 3.02. The number of fused-ring (bicyclic) bond motifs is 2. The SMILES string of the molecule is CCN(CC)C(=O)c1[nH]c2c(c1C)CC1CN(C)CCC1(c1cccc(O)c1)C2. The lowest BCUT2D eigenvalue weighted by molar-refractivity contribution is 0.0766. The minimum Gasteiger partial charge on any atom is -0.508 e. The molecule has 1 amide bonds. The number of likely N-dealkylation sites (tertiary alicyclic amines) is 1. The molecule has 0 bridgehead atoms. The number of rotatable bonds is 4. The molecule has 2 aromatic rings. The molecule has 1 aromatic heterocycles. The van der Waals surface area contributed by atoms with Crippen LogP contribution in [0.5, 0.6) is 5.75 Å². The number of phenols is 1. The van der Waals surface area contributed by atoms with E-state index in [1.165, 1.54) is 16.8 Å². The van der Waals surface area contributed by atoms with Gasteiger partial charge in [-0.2, -0.15) is 0 Å². The van der Waals surface area contributed by atoms with Gasteiger partial charge >= 0.3 is 0 Å². The van der Waals surface area contributed by atoms with Crippen molar-refractivity contribution < 1.29 is 9.90 Å². The molecule has 2 aliphatic rings. The van der Waals surface area contributed by atoms with Gasteiger partial charge in [-0.1, -0.05) is 12.1 Å². The molecule has 0 spiro atoms. The summed E-state index contributed by atoms with van der Waals surface area (Å²) in [6.07, 6.45) is 2.94. The molecular formula is C24H33N3O2. The Kier molecular flexibility index (Phi) is 5.19. The number of amides is 1. The Morgan fingerprint density at radius 2 is 2.10 bits per heavy atom. The Labute approximate surface area is 173 Å². The van der Waals surface area contributed by atoms with Gasteiger partial charge in [0.15, 0.2) is 0 Å². The van der Waals surface area contributed by atoms with Crippen molar-refractivity contribution in [1.82, 2.24) is 14.8 Å². The van der Waals surface area contributed by atoms with E-state index < -0.39 is 0 Å². The number of aromatic hydroxyl groups is 1. The van der Waals surface area contributed by atoms with E-state index in [1.807, 2.05) is 30.9 Å². The smallest absolute Gasteiger partial charge is 0.270 e. The standard InChI is InChI=1S/C24H33N3O2/c1-5-27(6-2)23(29)22-16(3)20-13-18-15-26(4)11-10-24(18,14-21(20)25-22)17-8-7-9-19(28)12-17/h7-9,12,18,25,28H,5-6,10-11,13-15H2,1-4H3. The van der Waals surface area contributed by atoms with Crippen LogP contribution in [0.15, 0.2) is 24.3 Å². The lowest BCUT2D eigenvalue weighted by atomic mass is 9.58. The predicted molar refractivity (Wildman–Crippen MR) is 116 cm³/mol. The molecule has 29 heavy (non-hydrogen) atoms. The number of piperidine rings is 1. The quantitative estimate of drug-likeness (QED) is 0.833. The lowest BCUT2D eigenvalue weighted by Crippen LogP contribution is -2.52. The Bertz CT molecular complexity index is 915. The molecule has 1 aliphatic carbocycles. The van der Waals surface area contributed by atoms with E-state index in [0.29, 0.717) is 11.7 Å². The normalized spacial score (nSPS) is 24.1. The first-order valence-corrected chi connectivity index (χ1v) is 10.9. The third-order valence-electron chi connectivity index (χ3n) is 7.35. The van der Waals surface area contributed by atoms with Gasteiger partial charge in [0.05, 0.1) is 0 Å². The zero-order valence-corrected chi connectivity index (χ0v) is 18.1. The molecule has 156 valence electrons. The van der Waals surface area contributed by atoms with Crippen molar-refractivity contribution in [3.63, 3.8) is 0 Å². The van der Waals surface area contributed by atoms with Crippen LogP contribution in [0.4, 0.5) is 0 Å².